The first-order valence-electron chi connectivity index (χ1n) is 7.39. The predicted octanol–water partition coefficient (Wildman–Crippen LogP) is 3.39. The van der Waals surface area contributed by atoms with Gasteiger partial charge in [-0.2, -0.15) is 10.2 Å². The van der Waals surface area contributed by atoms with E-state index in [1.807, 2.05) is 19.4 Å². The third-order valence-electron chi connectivity index (χ3n) is 3.69. The fourth-order valence-corrected chi connectivity index (χ4v) is 2.69. The Labute approximate surface area is 144 Å². The number of aromatic nitrogens is 4. The van der Waals surface area contributed by atoms with Crippen molar-refractivity contribution in [1.82, 2.24) is 24.9 Å². The van der Waals surface area contributed by atoms with Crippen LogP contribution in [0.4, 0.5) is 4.39 Å². The van der Waals surface area contributed by atoms with Gasteiger partial charge in [-0.25, -0.2) is 9.07 Å². The van der Waals surface area contributed by atoms with Gasteiger partial charge in [0.05, 0.1) is 23.5 Å². The Kier molecular flexibility index (Phi) is 4.78. The summed E-state index contributed by atoms with van der Waals surface area (Å²) in [5.41, 5.74) is 2.85. The molecule has 0 aliphatic carbocycles. The highest BCUT2D eigenvalue weighted by Crippen LogP contribution is 2.26. The molecule has 0 saturated heterocycles. The van der Waals surface area contributed by atoms with Crippen LogP contribution in [0.3, 0.4) is 0 Å². The maximum atomic E-state index is 13.5. The average molecular weight is 346 g/mol. The van der Waals surface area contributed by atoms with Crippen molar-refractivity contribution in [3.05, 3.63) is 77.1 Å². The first-order chi connectivity index (χ1) is 11.6. The number of hydrogen-bond donors (Lipinski definition) is 1. The summed E-state index contributed by atoms with van der Waals surface area (Å²) >= 11 is 5.94. The van der Waals surface area contributed by atoms with Gasteiger partial charge >= 0.3 is 0 Å². The summed E-state index contributed by atoms with van der Waals surface area (Å²) < 4.78 is 16.8. The van der Waals surface area contributed by atoms with Crippen LogP contribution in [0.2, 0.25) is 5.02 Å². The van der Waals surface area contributed by atoms with Crippen molar-refractivity contribution in [1.29, 1.82) is 0 Å². The number of halogens is 2. The molecule has 1 atom stereocenters. The van der Waals surface area contributed by atoms with Crippen molar-refractivity contribution < 1.29 is 4.39 Å². The minimum absolute atomic E-state index is 0.0997. The zero-order valence-corrected chi connectivity index (χ0v) is 13.9. The zero-order chi connectivity index (χ0) is 17.1. The summed E-state index contributed by atoms with van der Waals surface area (Å²) in [5.74, 6) is -0.433. The Balaban J connectivity index is 1.86. The van der Waals surface area contributed by atoms with Crippen LogP contribution in [-0.4, -0.2) is 19.6 Å². The molecule has 3 rings (SSSR count). The number of nitrogens with one attached hydrogen (secondary N) is 1. The van der Waals surface area contributed by atoms with Gasteiger partial charge in [-0.3, -0.25) is 4.68 Å². The molecule has 0 fully saturated rings. The van der Waals surface area contributed by atoms with E-state index in [0.29, 0.717) is 6.54 Å². The summed E-state index contributed by atoms with van der Waals surface area (Å²) in [4.78, 5) is 0. The molecule has 1 N–H and O–H groups in total. The van der Waals surface area contributed by atoms with Gasteiger partial charge in [-0.05, 0) is 17.7 Å². The lowest BCUT2D eigenvalue weighted by atomic mass is 10.0. The van der Waals surface area contributed by atoms with Crippen molar-refractivity contribution in [3.8, 4) is 0 Å². The fourth-order valence-electron chi connectivity index (χ4n) is 2.50. The maximum Gasteiger partial charge on any atom is 0.141 e. The Morgan fingerprint density at radius 1 is 1.29 bits per heavy atom. The van der Waals surface area contributed by atoms with Crippen LogP contribution in [0.15, 0.2) is 49.6 Å². The lowest BCUT2D eigenvalue weighted by molar-refractivity contribution is 0.597. The average Bonchev–Trinajstić information content (AvgIpc) is 3.20. The van der Waals surface area contributed by atoms with Crippen LogP contribution in [-0.2, 0) is 13.6 Å². The normalized spacial score (nSPS) is 12.3. The predicted molar refractivity (Wildman–Crippen MR) is 91.9 cm³/mol. The first-order valence-corrected chi connectivity index (χ1v) is 7.77. The molecule has 0 unspecified atom stereocenters. The van der Waals surface area contributed by atoms with Gasteiger partial charge in [-0.15, -0.1) is 0 Å². The smallest absolute Gasteiger partial charge is 0.141 e. The van der Waals surface area contributed by atoms with E-state index in [1.54, 1.807) is 40.1 Å². The third-order valence-corrected chi connectivity index (χ3v) is 3.98. The van der Waals surface area contributed by atoms with E-state index in [4.69, 9.17) is 11.6 Å². The fraction of sp³-hybridized carbons (Fsp3) is 0.176. The van der Waals surface area contributed by atoms with Gasteiger partial charge < -0.3 is 5.32 Å². The molecular formula is C17H17ClFN5. The molecule has 0 aliphatic rings. The number of benzene rings is 1. The van der Waals surface area contributed by atoms with E-state index >= 15 is 0 Å². The quantitative estimate of drug-likeness (QED) is 0.745. The first kappa shape index (κ1) is 16.4. The molecule has 2 heterocycles. The van der Waals surface area contributed by atoms with E-state index in [0.717, 1.165) is 16.7 Å². The van der Waals surface area contributed by atoms with Crippen molar-refractivity contribution in [3.63, 3.8) is 0 Å². The molecule has 24 heavy (non-hydrogen) atoms. The van der Waals surface area contributed by atoms with E-state index < -0.39 is 5.82 Å². The maximum absolute atomic E-state index is 13.5. The molecular weight excluding hydrogens is 329 g/mol. The second-order valence-electron chi connectivity index (χ2n) is 5.45. The van der Waals surface area contributed by atoms with E-state index in [-0.39, 0.29) is 11.1 Å². The van der Waals surface area contributed by atoms with E-state index in [1.165, 1.54) is 6.07 Å². The van der Waals surface area contributed by atoms with Crippen molar-refractivity contribution in [2.75, 3.05) is 0 Å². The van der Waals surface area contributed by atoms with E-state index in [9.17, 15) is 4.39 Å². The number of rotatable bonds is 6. The highest BCUT2D eigenvalue weighted by Gasteiger charge is 2.17. The molecule has 7 heteroatoms. The van der Waals surface area contributed by atoms with Crippen LogP contribution in [0.1, 0.15) is 22.7 Å². The molecule has 5 nitrogen and oxygen atoms in total. The van der Waals surface area contributed by atoms with Crippen LogP contribution in [0.5, 0.6) is 0 Å². The van der Waals surface area contributed by atoms with Crippen LogP contribution < -0.4 is 5.32 Å². The second kappa shape index (κ2) is 6.98. The van der Waals surface area contributed by atoms with E-state index in [2.05, 4.69) is 22.1 Å². The minimum Gasteiger partial charge on any atom is -0.302 e. The molecule has 3 aromatic rings. The summed E-state index contributed by atoms with van der Waals surface area (Å²) in [6.07, 6.45) is 8.98. The van der Waals surface area contributed by atoms with Gasteiger partial charge in [0.1, 0.15) is 5.82 Å². The van der Waals surface area contributed by atoms with Gasteiger partial charge in [-0.1, -0.05) is 24.2 Å². The molecule has 1 aromatic carbocycles. The molecule has 0 radical (unpaired) electrons. The Morgan fingerprint density at radius 3 is 2.75 bits per heavy atom. The van der Waals surface area contributed by atoms with Crippen LogP contribution in [0, 0.1) is 5.82 Å². The molecule has 2 aromatic heterocycles. The Bertz CT molecular complexity index is 854. The van der Waals surface area contributed by atoms with Gasteiger partial charge in [0.15, 0.2) is 0 Å². The largest absolute Gasteiger partial charge is 0.302 e. The van der Waals surface area contributed by atoms with Crippen LogP contribution >= 0.6 is 11.6 Å². The number of nitrogens with zero attached hydrogens (tertiary/aromatic N) is 4. The van der Waals surface area contributed by atoms with Crippen molar-refractivity contribution in [2.24, 2.45) is 7.05 Å². The number of aryl methyl sites for hydroxylation is 1. The second-order valence-corrected chi connectivity index (χ2v) is 5.85. The molecule has 124 valence electrons. The molecule has 0 bridgehead atoms. The lowest BCUT2D eigenvalue weighted by Gasteiger charge is -2.18. The summed E-state index contributed by atoms with van der Waals surface area (Å²) in [6.45, 7) is 4.26. The van der Waals surface area contributed by atoms with Crippen LogP contribution in [0.25, 0.3) is 6.20 Å². The zero-order valence-electron chi connectivity index (χ0n) is 13.2. The molecule has 0 spiro atoms. The van der Waals surface area contributed by atoms with Gasteiger partial charge in [0, 0.05) is 43.3 Å². The Hall–Kier alpha value is -2.44. The van der Waals surface area contributed by atoms with Gasteiger partial charge in [0.25, 0.3) is 0 Å². The van der Waals surface area contributed by atoms with Gasteiger partial charge in [0.2, 0.25) is 0 Å². The molecule has 0 saturated carbocycles. The number of hydrogen-bond acceptors (Lipinski definition) is 3. The summed E-state index contributed by atoms with van der Waals surface area (Å²) in [6, 6.07) is 4.57. The SMILES string of the molecule is C=Cn1cc(CN[C@@H](c2ccc(F)c(Cl)c2)c2cnn(C)c2)cn1. The van der Waals surface area contributed by atoms with Crippen molar-refractivity contribution in [2.45, 2.75) is 12.6 Å². The highest BCUT2D eigenvalue weighted by atomic mass is 35.5. The summed E-state index contributed by atoms with van der Waals surface area (Å²) in [7, 11) is 1.85. The third kappa shape index (κ3) is 3.55. The molecule has 0 amide bonds. The Morgan fingerprint density at radius 2 is 2.12 bits per heavy atom. The topological polar surface area (TPSA) is 47.7 Å². The lowest BCUT2D eigenvalue weighted by Crippen LogP contribution is -2.21. The highest BCUT2D eigenvalue weighted by molar-refractivity contribution is 6.30. The van der Waals surface area contributed by atoms with Crippen molar-refractivity contribution >= 4 is 17.8 Å². The molecule has 0 aliphatic heterocycles. The standard InChI is InChI=1S/C17H17ClFN5/c1-3-24-10-12(8-22-24)7-20-17(14-9-21-23(2)11-14)13-4-5-16(19)15(18)6-13/h3-6,8-11,17,20H,1,7H2,2H3/t17-/m0/s1. The minimum atomic E-state index is -0.433. The summed E-state index contributed by atoms with van der Waals surface area (Å²) in [5, 5.41) is 11.9. The monoisotopic (exact) mass is 345 g/mol.